The minimum atomic E-state index is -1.24. The van der Waals surface area contributed by atoms with Crippen molar-refractivity contribution in [3.8, 4) is 5.75 Å². The summed E-state index contributed by atoms with van der Waals surface area (Å²) >= 11 is 0. The standard InChI is InChI=1S/C21H18N2O7/c1-12(23-19(26)13-7-3-4-8-14(13)20(23)27)21(28)30-11-17(24)22-18(25)15-9-5-6-10-16(15)29-2/h3-10,12H,11H2,1-2H3,(H,22,24,25)/t12-/m1/s1. The predicted octanol–water partition coefficient (Wildman–Crippen LogP) is 1.18. The molecule has 1 N–H and O–H groups in total. The summed E-state index contributed by atoms with van der Waals surface area (Å²) in [7, 11) is 1.39. The van der Waals surface area contributed by atoms with E-state index in [4.69, 9.17) is 9.47 Å². The molecule has 4 amide bonds. The third kappa shape index (κ3) is 3.90. The molecular weight excluding hydrogens is 392 g/mol. The molecular formula is C21H18N2O7. The lowest BCUT2D eigenvalue weighted by Crippen LogP contribution is -2.44. The molecule has 0 aliphatic carbocycles. The van der Waals surface area contributed by atoms with Crippen molar-refractivity contribution < 1.29 is 33.4 Å². The summed E-state index contributed by atoms with van der Waals surface area (Å²) in [5, 5.41) is 2.08. The van der Waals surface area contributed by atoms with Gasteiger partial charge in [-0.05, 0) is 31.2 Å². The molecule has 0 saturated heterocycles. The number of amides is 4. The quantitative estimate of drug-likeness (QED) is 0.561. The fraction of sp³-hybridized carbons (Fsp3) is 0.190. The molecule has 30 heavy (non-hydrogen) atoms. The number of para-hydroxylation sites is 1. The van der Waals surface area contributed by atoms with Crippen LogP contribution in [0.2, 0.25) is 0 Å². The Morgan fingerprint density at radius 1 is 0.967 bits per heavy atom. The zero-order chi connectivity index (χ0) is 21.8. The minimum Gasteiger partial charge on any atom is -0.496 e. The second-order valence-electron chi connectivity index (χ2n) is 6.39. The van der Waals surface area contributed by atoms with Gasteiger partial charge in [-0.15, -0.1) is 0 Å². The van der Waals surface area contributed by atoms with Crippen molar-refractivity contribution >= 4 is 29.6 Å². The van der Waals surface area contributed by atoms with Crippen molar-refractivity contribution in [3.63, 3.8) is 0 Å². The topological polar surface area (TPSA) is 119 Å². The normalized spacial score (nSPS) is 13.5. The highest BCUT2D eigenvalue weighted by molar-refractivity contribution is 6.22. The van der Waals surface area contributed by atoms with Crippen molar-refractivity contribution in [2.45, 2.75) is 13.0 Å². The number of carbonyl (C=O) groups is 5. The first-order valence-corrected chi connectivity index (χ1v) is 8.96. The highest BCUT2D eigenvalue weighted by Gasteiger charge is 2.41. The maximum Gasteiger partial charge on any atom is 0.329 e. The Bertz CT molecular complexity index is 1010. The summed E-state index contributed by atoms with van der Waals surface area (Å²) in [6.45, 7) is 0.565. The Morgan fingerprint density at radius 2 is 1.53 bits per heavy atom. The number of nitrogens with one attached hydrogen (secondary N) is 1. The summed E-state index contributed by atoms with van der Waals surface area (Å²) in [6, 6.07) is 11.3. The van der Waals surface area contributed by atoms with Crippen molar-refractivity contribution in [2.75, 3.05) is 13.7 Å². The van der Waals surface area contributed by atoms with E-state index in [1.807, 2.05) is 0 Å². The third-order valence-corrected chi connectivity index (χ3v) is 4.50. The molecule has 1 heterocycles. The van der Waals surface area contributed by atoms with E-state index in [9.17, 15) is 24.0 Å². The first-order chi connectivity index (χ1) is 14.3. The van der Waals surface area contributed by atoms with Crippen molar-refractivity contribution in [1.29, 1.82) is 0 Å². The molecule has 2 aromatic rings. The number of hydrogen-bond donors (Lipinski definition) is 1. The van der Waals surface area contributed by atoms with Gasteiger partial charge < -0.3 is 9.47 Å². The number of imide groups is 2. The van der Waals surface area contributed by atoms with Gasteiger partial charge in [-0.2, -0.15) is 0 Å². The molecule has 0 radical (unpaired) electrons. The third-order valence-electron chi connectivity index (χ3n) is 4.50. The molecule has 1 aliphatic heterocycles. The molecule has 2 aromatic carbocycles. The Morgan fingerprint density at radius 3 is 2.13 bits per heavy atom. The predicted molar refractivity (Wildman–Crippen MR) is 103 cm³/mol. The van der Waals surface area contributed by atoms with Crippen LogP contribution >= 0.6 is 0 Å². The number of fused-ring (bicyclic) bond motifs is 1. The second kappa shape index (κ2) is 8.56. The van der Waals surface area contributed by atoms with E-state index in [-0.39, 0.29) is 22.4 Å². The molecule has 1 atom stereocenters. The van der Waals surface area contributed by atoms with Gasteiger partial charge in [-0.25, -0.2) is 4.79 Å². The van der Waals surface area contributed by atoms with E-state index in [1.165, 1.54) is 32.2 Å². The number of ether oxygens (including phenoxy) is 2. The first kappa shape index (κ1) is 20.7. The molecule has 0 fully saturated rings. The Hall–Kier alpha value is -4.01. The molecule has 0 saturated carbocycles. The molecule has 0 aromatic heterocycles. The monoisotopic (exact) mass is 410 g/mol. The summed E-state index contributed by atoms with van der Waals surface area (Å²) in [4.78, 5) is 62.1. The fourth-order valence-corrected chi connectivity index (χ4v) is 2.98. The van der Waals surface area contributed by atoms with E-state index in [0.29, 0.717) is 0 Å². The molecule has 1 aliphatic rings. The number of benzene rings is 2. The Balaban J connectivity index is 1.58. The van der Waals surface area contributed by atoms with Gasteiger partial charge in [-0.3, -0.25) is 29.4 Å². The van der Waals surface area contributed by atoms with E-state index < -0.39 is 42.2 Å². The number of carbonyl (C=O) groups excluding carboxylic acids is 5. The van der Waals surface area contributed by atoms with Crippen LogP contribution in [0.25, 0.3) is 0 Å². The zero-order valence-corrected chi connectivity index (χ0v) is 16.2. The van der Waals surface area contributed by atoms with Crippen LogP contribution in [0.1, 0.15) is 38.0 Å². The van der Waals surface area contributed by atoms with Crippen LogP contribution < -0.4 is 10.1 Å². The van der Waals surface area contributed by atoms with Crippen LogP contribution in [0.5, 0.6) is 5.75 Å². The van der Waals surface area contributed by atoms with E-state index in [2.05, 4.69) is 5.32 Å². The van der Waals surface area contributed by atoms with Crippen LogP contribution in [0.15, 0.2) is 48.5 Å². The lowest BCUT2D eigenvalue weighted by atomic mass is 10.1. The van der Waals surface area contributed by atoms with Crippen LogP contribution in [0.3, 0.4) is 0 Å². The average molecular weight is 410 g/mol. The van der Waals surface area contributed by atoms with Gasteiger partial charge in [0.05, 0.1) is 23.8 Å². The summed E-state index contributed by atoms with van der Waals surface area (Å²) < 4.78 is 9.94. The van der Waals surface area contributed by atoms with Gasteiger partial charge >= 0.3 is 5.97 Å². The van der Waals surface area contributed by atoms with Crippen molar-refractivity contribution in [2.24, 2.45) is 0 Å². The Labute approximate surface area is 171 Å². The molecule has 0 bridgehead atoms. The number of rotatable bonds is 6. The van der Waals surface area contributed by atoms with Crippen LogP contribution in [0, 0.1) is 0 Å². The van der Waals surface area contributed by atoms with Gasteiger partial charge in [-0.1, -0.05) is 24.3 Å². The van der Waals surface area contributed by atoms with Crippen molar-refractivity contribution in [1.82, 2.24) is 10.2 Å². The average Bonchev–Trinajstić information content (AvgIpc) is 3.01. The SMILES string of the molecule is COc1ccccc1C(=O)NC(=O)COC(=O)[C@@H](C)N1C(=O)c2ccccc2C1=O. The lowest BCUT2D eigenvalue weighted by molar-refractivity contribution is -0.151. The molecule has 9 heteroatoms. The van der Waals surface area contributed by atoms with Gasteiger partial charge in [0.25, 0.3) is 23.6 Å². The van der Waals surface area contributed by atoms with Gasteiger partial charge in [0.15, 0.2) is 6.61 Å². The second-order valence-corrected chi connectivity index (χ2v) is 6.39. The zero-order valence-electron chi connectivity index (χ0n) is 16.2. The largest absolute Gasteiger partial charge is 0.496 e. The number of methoxy groups -OCH3 is 1. The van der Waals surface area contributed by atoms with Crippen LogP contribution in [-0.2, 0) is 14.3 Å². The van der Waals surface area contributed by atoms with Gasteiger partial charge in [0, 0.05) is 0 Å². The smallest absolute Gasteiger partial charge is 0.329 e. The highest BCUT2D eigenvalue weighted by atomic mass is 16.5. The van der Waals surface area contributed by atoms with Crippen LogP contribution in [-0.4, -0.2) is 54.3 Å². The van der Waals surface area contributed by atoms with Gasteiger partial charge in [0.1, 0.15) is 11.8 Å². The number of hydrogen-bond acceptors (Lipinski definition) is 7. The fourth-order valence-electron chi connectivity index (χ4n) is 2.98. The molecule has 9 nitrogen and oxygen atoms in total. The van der Waals surface area contributed by atoms with E-state index >= 15 is 0 Å². The molecule has 0 unspecified atom stereocenters. The minimum absolute atomic E-state index is 0.138. The van der Waals surface area contributed by atoms with Gasteiger partial charge in [0.2, 0.25) is 0 Å². The van der Waals surface area contributed by atoms with Crippen LogP contribution in [0.4, 0.5) is 0 Å². The molecule has 3 rings (SSSR count). The summed E-state index contributed by atoms with van der Waals surface area (Å²) in [5.41, 5.74) is 0.531. The van der Waals surface area contributed by atoms with Crippen molar-refractivity contribution in [3.05, 3.63) is 65.2 Å². The lowest BCUT2D eigenvalue weighted by Gasteiger charge is -2.20. The first-order valence-electron chi connectivity index (χ1n) is 8.96. The molecule has 154 valence electrons. The Kier molecular flexibility index (Phi) is 5.91. The number of esters is 1. The summed E-state index contributed by atoms with van der Waals surface area (Å²) in [6.07, 6.45) is 0. The number of nitrogens with zero attached hydrogens (tertiary/aromatic N) is 1. The van der Waals surface area contributed by atoms with E-state index in [1.54, 1.807) is 30.3 Å². The highest BCUT2D eigenvalue weighted by Crippen LogP contribution is 2.24. The maximum atomic E-state index is 12.4. The summed E-state index contributed by atoms with van der Waals surface area (Å²) in [5.74, 6) is -3.49. The van der Waals surface area contributed by atoms with E-state index in [0.717, 1.165) is 4.90 Å². The molecule has 0 spiro atoms. The maximum absolute atomic E-state index is 12.4.